The van der Waals surface area contributed by atoms with Crippen LogP contribution in [0.1, 0.15) is 35.7 Å². The van der Waals surface area contributed by atoms with E-state index in [0.717, 1.165) is 10.0 Å². The van der Waals surface area contributed by atoms with Gasteiger partial charge >= 0.3 is 0 Å². The van der Waals surface area contributed by atoms with Crippen molar-refractivity contribution in [1.29, 1.82) is 0 Å². The van der Waals surface area contributed by atoms with Gasteiger partial charge in [-0.2, -0.15) is 0 Å². The van der Waals surface area contributed by atoms with Crippen LogP contribution in [0.25, 0.3) is 22.3 Å². The van der Waals surface area contributed by atoms with E-state index in [1.807, 2.05) is 24.3 Å². The van der Waals surface area contributed by atoms with Crippen LogP contribution in [0, 0.1) is 0 Å². The van der Waals surface area contributed by atoms with E-state index in [1.165, 1.54) is 11.6 Å². The van der Waals surface area contributed by atoms with Gasteiger partial charge in [0.15, 0.2) is 5.43 Å². The Bertz CT molecular complexity index is 1270. The lowest BCUT2D eigenvalue weighted by Gasteiger charge is -2.09. The molecule has 0 radical (unpaired) electrons. The van der Waals surface area contributed by atoms with Crippen LogP contribution in [0.15, 0.2) is 86.5 Å². The molecule has 0 bridgehead atoms. The summed E-state index contributed by atoms with van der Waals surface area (Å²) in [7, 11) is 0. The standard InChI is InChI=1S/C25H20BrNO3/c1-15(2)16-3-5-17(6-4-16)24-14-22(28)21-13-20(11-12-23(21)30-24)27-25(29)18-7-9-19(26)10-8-18/h3-15H,1-2H3,(H,27,29). The van der Waals surface area contributed by atoms with Crippen molar-refractivity contribution in [2.24, 2.45) is 0 Å². The Morgan fingerprint density at radius 1 is 0.933 bits per heavy atom. The topological polar surface area (TPSA) is 59.3 Å². The summed E-state index contributed by atoms with van der Waals surface area (Å²) in [6.07, 6.45) is 0. The van der Waals surface area contributed by atoms with Gasteiger partial charge in [-0.05, 0) is 53.9 Å². The van der Waals surface area contributed by atoms with Gasteiger partial charge in [0.05, 0.1) is 5.39 Å². The van der Waals surface area contributed by atoms with Crippen molar-refractivity contribution >= 4 is 38.5 Å². The maximum absolute atomic E-state index is 12.7. The normalized spacial score (nSPS) is 11.1. The maximum atomic E-state index is 12.7. The summed E-state index contributed by atoms with van der Waals surface area (Å²) in [5.74, 6) is 0.719. The van der Waals surface area contributed by atoms with E-state index in [4.69, 9.17) is 4.42 Å². The minimum Gasteiger partial charge on any atom is -0.456 e. The Labute approximate surface area is 182 Å². The molecule has 3 aromatic carbocycles. The molecule has 1 aromatic heterocycles. The number of rotatable bonds is 4. The first-order valence-electron chi connectivity index (χ1n) is 9.66. The van der Waals surface area contributed by atoms with Crippen LogP contribution in [0.3, 0.4) is 0 Å². The maximum Gasteiger partial charge on any atom is 0.255 e. The molecule has 0 saturated heterocycles. The summed E-state index contributed by atoms with van der Waals surface area (Å²) in [5.41, 5.74) is 3.48. The second-order valence-corrected chi connectivity index (χ2v) is 8.34. The Kier molecular flexibility index (Phi) is 5.55. The highest BCUT2D eigenvalue weighted by molar-refractivity contribution is 9.10. The molecule has 0 aliphatic carbocycles. The molecule has 0 fully saturated rings. The first-order chi connectivity index (χ1) is 14.4. The molecule has 0 saturated carbocycles. The zero-order chi connectivity index (χ0) is 21.3. The summed E-state index contributed by atoms with van der Waals surface area (Å²) in [4.78, 5) is 25.1. The monoisotopic (exact) mass is 461 g/mol. The number of anilines is 1. The number of hydrogen-bond donors (Lipinski definition) is 1. The number of amides is 1. The lowest BCUT2D eigenvalue weighted by molar-refractivity contribution is 0.102. The number of hydrogen-bond acceptors (Lipinski definition) is 3. The number of carbonyl (C=O) groups is 1. The fourth-order valence-electron chi connectivity index (χ4n) is 3.21. The third-order valence-electron chi connectivity index (χ3n) is 4.95. The van der Waals surface area contributed by atoms with E-state index in [-0.39, 0.29) is 11.3 Å². The fourth-order valence-corrected chi connectivity index (χ4v) is 3.48. The molecule has 4 nitrogen and oxygen atoms in total. The lowest BCUT2D eigenvalue weighted by atomic mass is 10.0. The zero-order valence-corrected chi connectivity index (χ0v) is 18.2. The van der Waals surface area contributed by atoms with Gasteiger partial charge < -0.3 is 9.73 Å². The Morgan fingerprint density at radius 2 is 1.63 bits per heavy atom. The Balaban J connectivity index is 1.63. The number of carbonyl (C=O) groups excluding carboxylic acids is 1. The van der Waals surface area contributed by atoms with Gasteiger partial charge in [0, 0.05) is 27.4 Å². The number of fused-ring (bicyclic) bond motifs is 1. The second-order valence-electron chi connectivity index (χ2n) is 7.42. The van der Waals surface area contributed by atoms with Gasteiger partial charge in [-0.3, -0.25) is 9.59 Å². The minimum atomic E-state index is -0.242. The van der Waals surface area contributed by atoms with Crippen LogP contribution in [-0.4, -0.2) is 5.91 Å². The average molecular weight is 462 g/mol. The van der Waals surface area contributed by atoms with E-state index >= 15 is 0 Å². The molecule has 0 aliphatic rings. The highest BCUT2D eigenvalue weighted by Crippen LogP contribution is 2.26. The van der Waals surface area contributed by atoms with Crippen molar-refractivity contribution in [2.45, 2.75) is 19.8 Å². The number of halogens is 1. The molecule has 4 rings (SSSR count). The van der Waals surface area contributed by atoms with E-state index < -0.39 is 0 Å². The van der Waals surface area contributed by atoms with Crippen LogP contribution in [0.5, 0.6) is 0 Å². The predicted molar refractivity (Wildman–Crippen MR) is 124 cm³/mol. The van der Waals surface area contributed by atoms with Gasteiger partial charge in [0.25, 0.3) is 5.91 Å². The second kappa shape index (κ2) is 8.28. The zero-order valence-electron chi connectivity index (χ0n) is 16.6. The van der Waals surface area contributed by atoms with Crippen LogP contribution in [-0.2, 0) is 0 Å². The summed E-state index contributed by atoms with van der Waals surface area (Å²) < 4.78 is 6.87. The van der Waals surface area contributed by atoms with Crippen molar-refractivity contribution in [1.82, 2.24) is 0 Å². The third-order valence-corrected chi connectivity index (χ3v) is 5.48. The number of benzene rings is 3. The summed E-state index contributed by atoms with van der Waals surface area (Å²) in [6, 6.07) is 21.7. The van der Waals surface area contributed by atoms with E-state index in [2.05, 4.69) is 35.1 Å². The summed E-state index contributed by atoms with van der Waals surface area (Å²) in [5, 5.41) is 3.25. The molecule has 5 heteroatoms. The molecular weight excluding hydrogens is 442 g/mol. The van der Waals surface area contributed by atoms with Crippen LogP contribution < -0.4 is 10.7 Å². The smallest absolute Gasteiger partial charge is 0.255 e. The molecular formula is C25H20BrNO3. The SMILES string of the molecule is CC(C)c1ccc(-c2cc(=O)c3cc(NC(=O)c4ccc(Br)cc4)ccc3o2)cc1. The highest BCUT2D eigenvalue weighted by atomic mass is 79.9. The molecule has 0 spiro atoms. The Morgan fingerprint density at radius 3 is 2.30 bits per heavy atom. The third kappa shape index (κ3) is 4.21. The highest BCUT2D eigenvalue weighted by Gasteiger charge is 2.11. The van der Waals surface area contributed by atoms with E-state index in [0.29, 0.717) is 33.9 Å². The molecule has 1 N–H and O–H groups in total. The van der Waals surface area contributed by atoms with Crippen LogP contribution in [0.4, 0.5) is 5.69 Å². The average Bonchev–Trinajstić information content (AvgIpc) is 2.74. The van der Waals surface area contributed by atoms with Crippen molar-refractivity contribution < 1.29 is 9.21 Å². The Hall–Kier alpha value is -3.18. The number of nitrogens with one attached hydrogen (secondary N) is 1. The van der Waals surface area contributed by atoms with Crippen molar-refractivity contribution in [3.05, 3.63) is 98.6 Å². The van der Waals surface area contributed by atoms with Gasteiger partial charge in [-0.15, -0.1) is 0 Å². The van der Waals surface area contributed by atoms with Crippen LogP contribution >= 0.6 is 15.9 Å². The van der Waals surface area contributed by atoms with Gasteiger partial charge in [0.1, 0.15) is 11.3 Å². The molecule has 0 unspecified atom stereocenters. The summed E-state index contributed by atoms with van der Waals surface area (Å²) in [6.45, 7) is 4.27. The van der Waals surface area contributed by atoms with E-state index in [1.54, 1.807) is 42.5 Å². The molecule has 4 aromatic rings. The molecule has 0 atom stereocenters. The lowest BCUT2D eigenvalue weighted by Crippen LogP contribution is -2.12. The van der Waals surface area contributed by atoms with E-state index in [9.17, 15) is 9.59 Å². The van der Waals surface area contributed by atoms with Gasteiger partial charge in [0.2, 0.25) is 0 Å². The minimum absolute atomic E-state index is 0.154. The fraction of sp³-hybridized carbons (Fsp3) is 0.120. The quantitative estimate of drug-likeness (QED) is 0.372. The van der Waals surface area contributed by atoms with Gasteiger partial charge in [-0.1, -0.05) is 54.0 Å². The first kappa shape index (κ1) is 20.1. The first-order valence-corrected chi connectivity index (χ1v) is 10.4. The molecule has 0 aliphatic heterocycles. The molecule has 150 valence electrons. The molecule has 30 heavy (non-hydrogen) atoms. The molecule has 1 amide bonds. The van der Waals surface area contributed by atoms with Crippen LogP contribution in [0.2, 0.25) is 0 Å². The van der Waals surface area contributed by atoms with Crippen molar-refractivity contribution in [2.75, 3.05) is 5.32 Å². The van der Waals surface area contributed by atoms with Gasteiger partial charge in [-0.25, -0.2) is 0 Å². The predicted octanol–water partition coefficient (Wildman–Crippen LogP) is 6.60. The molecule has 1 heterocycles. The van der Waals surface area contributed by atoms with Crippen molar-refractivity contribution in [3.63, 3.8) is 0 Å². The summed E-state index contributed by atoms with van der Waals surface area (Å²) >= 11 is 3.35. The van der Waals surface area contributed by atoms with Crippen molar-refractivity contribution in [3.8, 4) is 11.3 Å². The largest absolute Gasteiger partial charge is 0.456 e.